The SMILES string of the molecule is C[C@H](Oc1cc(-n2nc3n(c2=O)CCCC3)c(F)cc1C(=O)Nc1ccn[nH]1)C(F)(F)F. The number of nitrogens with zero attached hydrogens (tertiary/aromatic N) is 4. The average Bonchev–Trinajstić information content (AvgIpc) is 3.36. The van der Waals surface area contributed by atoms with Crippen LogP contribution in [-0.4, -0.2) is 42.7 Å². The van der Waals surface area contributed by atoms with Crippen LogP contribution in [-0.2, 0) is 13.0 Å². The number of aryl methyl sites for hydroxylation is 1. The molecule has 2 aromatic heterocycles. The standard InChI is InChI=1S/C19H18F4N6O3/c1-10(19(21,22)23)32-14-9-13(29-18(31)28-7-3-2-4-16(28)27-29)12(20)8-11(14)17(30)25-15-5-6-24-26-15/h5-6,8-10H,2-4,7H2,1H3,(H2,24,25,26,30)/t10-/m0/s1. The summed E-state index contributed by atoms with van der Waals surface area (Å²) < 4.78 is 61.5. The third-order valence-corrected chi connectivity index (χ3v) is 5.01. The number of hydrogen-bond acceptors (Lipinski definition) is 5. The summed E-state index contributed by atoms with van der Waals surface area (Å²) in [7, 11) is 0. The van der Waals surface area contributed by atoms with Crippen LogP contribution in [0.15, 0.2) is 29.2 Å². The van der Waals surface area contributed by atoms with Crippen molar-refractivity contribution in [1.82, 2.24) is 24.5 Å². The second-order valence-electron chi connectivity index (χ2n) is 7.25. The minimum absolute atomic E-state index is 0.146. The number of benzene rings is 1. The van der Waals surface area contributed by atoms with Crippen molar-refractivity contribution in [2.45, 2.75) is 45.0 Å². The lowest BCUT2D eigenvalue weighted by atomic mass is 10.1. The molecule has 2 N–H and O–H groups in total. The Balaban J connectivity index is 1.79. The number of carbonyl (C=O) groups is 1. The van der Waals surface area contributed by atoms with E-state index in [2.05, 4.69) is 20.6 Å². The number of carbonyl (C=O) groups excluding carboxylic acids is 1. The Morgan fingerprint density at radius 1 is 1.31 bits per heavy atom. The maximum Gasteiger partial charge on any atom is 0.425 e. The summed E-state index contributed by atoms with van der Waals surface area (Å²) in [5.41, 5.74) is -1.53. The summed E-state index contributed by atoms with van der Waals surface area (Å²) in [6, 6.07) is 2.99. The molecular weight excluding hydrogens is 436 g/mol. The second-order valence-corrected chi connectivity index (χ2v) is 7.25. The minimum Gasteiger partial charge on any atom is -0.480 e. The molecule has 1 atom stereocenters. The topological polar surface area (TPSA) is 107 Å². The van der Waals surface area contributed by atoms with E-state index < -0.39 is 46.7 Å². The first-order valence-corrected chi connectivity index (χ1v) is 9.72. The summed E-state index contributed by atoms with van der Waals surface area (Å²) in [6.07, 6.45) is -3.62. The smallest absolute Gasteiger partial charge is 0.425 e. The zero-order chi connectivity index (χ0) is 23.0. The van der Waals surface area contributed by atoms with Gasteiger partial charge in [0.15, 0.2) is 6.10 Å². The van der Waals surface area contributed by atoms with Crippen LogP contribution < -0.4 is 15.7 Å². The molecule has 1 aliphatic heterocycles. The Morgan fingerprint density at radius 2 is 2.09 bits per heavy atom. The number of alkyl halides is 3. The number of amides is 1. The number of halogens is 4. The van der Waals surface area contributed by atoms with Gasteiger partial charge in [0, 0.05) is 25.1 Å². The molecule has 3 aromatic rings. The van der Waals surface area contributed by atoms with Crippen LogP contribution in [0.2, 0.25) is 0 Å². The predicted octanol–water partition coefficient (Wildman–Crippen LogP) is 2.81. The van der Waals surface area contributed by atoms with Crippen molar-refractivity contribution in [1.29, 1.82) is 0 Å². The molecule has 0 radical (unpaired) electrons. The fraction of sp³-hybridized carbons (Fsp3) is 0.368. The van der Waals surface area contributed by atoms with Crippen LogP contribution >= 0.6 is 0 Å². The van der Waals surface area contributed by atoms with Gasteiger partial charge in [0.2, 0.25) is 0 Å². The number of aromatic nitrogens is 5. The molecule has 1 aliphatic rings. The van der Waals surface area contributed by atoms with Crippen LogP contribution in [0.1, 0.15) is 35.9 Å². The van der Waals surface area contributed by atoms with Crippen molar-refractivity contribution < 1.29 is 27.1 Å². The van der Waals surface area contributed by atoms with Gasteiger partial charge in [-0.05, 0) is 25.8 Å². The normalized spacial score (nSPS) is 14.7. The average molecular weight is 454 g/mol. The van der Waals surface area contributed by atoms with E-state index >= 15 is 0 Å². The largest absolute Gasteiger partial charge is 0.480 e. The molecule has 0 fully saturated rings. The highest BCUT2D eigenvalue weighted by molar-refractivity contribution is 6.06. The lowest BCUT2D eigenvalue weighted by Crippen LogP contribution is -2.32. The van der Waals surface area contributed by atoms with Gasteiger partial charge < -0.3 is 10.1 Å². The maximum absolute atomic E-state index is 15.0. The van der Waals surface area contributed by atoms with Gasteiger partial charge in [-0.25, -0.2) is 9.18 Å². The van der Waals surface area contributed by atoms with Crippen LogP contribution in [0.5, 0.6) is 5.75 Å². The monoisotopic (exact) mass is 454 g/mol. The number of fused-ring (bicyclic) bond motifs is 1. The van der Waals surface area contributed by atoms with E-state index in [4.69, 9.17) is 4.74 Å². The fourth-order valence-electron chi connectivity index (χ4n) is 3.31. The fourth-order valence-corrected chi connectivity index (χ4v) is 3.31. The number of rotatable bonds is 5. The van der Waals surface area contributed by atoms with E-state index in [0.717, 1.165) is 30.5 Å². The molecule has 0 unspecified atom stereocenters. The summed E-state index contributed by atoms with van der Waals surface area (Å²) in [4.78, 5) is 25.3. The molecule has 32 heavy (non-hydrogen) atoms. The van der Waals surface area contributed by atoms with E-state index in [1.807, 2.05) is 0 Å². The van der Waals surface area contributed by atoms with Gasteiger partial charge in [-0.2, -0.15) is 23.0 Å². The van der Waals surface area contributed by atoms with Crippen LogP contribution in [0.25, 0.3) is 5.69 Å². The number of H-pyrrole nitrogens is 1. The van der Waals surface area contributed by atoms with Crippen LogP contribution in [0.4, 0.5) is 23.4 Å². The zero-order valence-corrected chi connectivity index (χ0v) is 16.7. The van der Waals surface area contributed by atoms with E-state index in [1.54, 1.807) is 0 Å². The first kappa shape index (κ1) is 21.6. The molecule has 1 aromatic carbocycles. The molecule has 0 saturated heterocycles. The van der Waals surface area contributed by atoms with E-state index in [1.165, 1.54) is 16.8 Å². The third-order valence-electron chi connectivity index (χ3n) is 5.01. The highest BCUT2D eigenvalue weighted by Gasteiger charge is 2.39. The van der Waals surface area contributed by atoms with E-state index in [0.29, 0.717) is 24.9 Å². The first-order chi connectivity index (χ1) is 15.1. The number of anilines is 1. The summed E-state index contributed by atoms with van der Waals surface area (Å²) in [6.45, 7) is 1.16. The van der Waals surface area contributed by atoms with Crippen molar-refractivity contribution in [3.8, 4) is 11.4 Å². The summed E-state index contributed by atoms with van der Waals surface area (Å²) in [5, 5.41) is 12.6. The molecule has 4 rings (SSSR count). The van der Waals surface area contributed by atoms with E-state index in [-0.39, 0.29) is 5.82 Å². The van der Waals surface area contributed by atoms with Gasteiger partial charge >= 0.3 is 11.9 Å². The van der Waals surface area contributed by atoms with Gasteiger partial charge in [-0.1, -0.05) is 0 Å². The Bertz CT molecular complexity index is 1200. The maximum atomic E-state index is 15.0. The predicted molar refractivity (Wildman–Crippen MR) is 103 cm³/mol. The highest BCUT2D eigenvalue weighted by Crippen LogP contribution is 2.31. The quantitative estimate of drug-likeness (QED) is 0.577. The molecular formula is C19H18F4N6O3. The van der Waals surface area contributed by atoms with Crippen molar-refractivity contribution >= 4 is 11.7 Å². The van der Waals surface area contributed by atoms with Crippen LogP contribution in [0.3, 0.4) is 0 Å². The van der Waals surface area contributed by atoms with Gasteiger partial charge in [-0.3, -0.25) is 14.5 Å². The second kappa shape index (κ2) is 8.13. The third kappa shape index (κ3) is 4.09. The molecule has 1 amide bonds. The highest BCUT2D eigenvalue weighted by atomic mass is 19.4. The molecule has 13 heteroatoms. The molecule has 0 bridgehead atoms. The number of aromatic amines is 1. The zero-order valence-electron chi connectivity index (χ0n) is 16.7. The molecule has 0 spiro atoms. The Hall–Kier alpha value is -3.64. The minimum atomic E-state index is -4.74. The van der Waals surface area contributed by atoms with Crippen molar-refractivity contribution in [2.75, 3.05) is 5.32 Å². The molecule has 3 heterocycles. The Labute approximate surface area is 178 Å². The first-order valence-electron chi connectivity index (χ1n) is 9.72. The van der Waals surface area contributed by atoms with Gasteiger partial charge in [0.25, 0.3) is 5.91 Å². The Morgan fingerprint density at radius 3 is 2.75 bits per heavy atom. The van der Waals surface area contributed by atoms with Crippen LogP contribution in [0, 0.1) is 5.82 Å². The van der Waals surface area contributed by atoms with Gasteiger partial charge in [0.1, 0.15) is 28.9 Å². The number of nitrogens with one attached hydrogen (secondary N) is 2. The summed E-state index contributed by atoms with van der Waals surface area (Å²) >= 11 is 0. The molecule has 0 aliphatic carbocycles. The van der Waals surface area contributed by atoms with Gasteiger partial charge in [-0.15, -0.1) is 5.10 Å². The van der Waals surface area contributed by atoms with Crippen molar-refractivity contribution in [3.05, 3.63) is 52.1 Å². The molecule has 170 valence electrons. The Kier molecular flexibility index (Phi) is 5.48. The lowest BCUT2D eigenvalue weighted by Gasteiger charge is -2.20. The van der Waals surface area contributed by atoms with Crippen molar-refractivity contribution in [3.63, 3.8) is 0 Å². The molecule has 0 saturated carbocycles. The van der Waals surface area contributed by atoms with Crippen molar-refractivity contribution in [2.24, 2.45) is 0 Å². The number of ether oxygens (including phenoxy) is 1. The van der Waals surface area contributed by atoms with E-state index in [9.17, 15) is 27.2 Å². The lowest BCUT2D eigenvalue weighted by molar-refractivity contribution is -0.189. The summed E-state index contributed by atoms with van der Waals surface area (Å²) in [5.74, 6) is -1.91. The van der Waals surface area contributed by atoms with Gasteiger partial charge in [0.05, 0.1) is 11.8 Å². The molecule has 9 nitrogen and oxygen atoms in total. The number of hydrogen-bond donors (Lipinski definition) is 2.